The van der Waals surface area contributed by atoms with E-state index in [9.17, 15) is 0 Å². The Hall–Kier alpha value is -0.210. The Bertz CT molecular complexity index is 248. The van der Waals surface area contributed by atoms with Crippen molar-refractivity contribution in [3.63, 3.8) is 0 Å². The van der Waals surface area contributed by atoms with E-state index in [0.29, 0.717) is 0 Å². The summed E-state index contributed by atoms with van der Waals surface area (Å²) in [5, 5.41) is 0. The van der Waals surface area contributed by atoms with Crippen LogP contribution in [0.3, 0.4) is 0 Å². The van der Waals surface area contributed by atoms with E-state index in [1.54, 1.807) is 0 Å². The van der Waals surface area contributed by atoms with Gasteiger partial charge in [-0.3, -0.25) is 0 Å². The van der Waals surface area contributed by atoms with Crippen LogP contribution in [0.2, 0.25) is 0 Å². The molecule has 0 aliphatic heterocycles. The summed E-state index contributed by atoms with van der Waals surface area (Å²) in [5.74, 6) is 1.68. The molecule has 0 aliphatic carbocycles. The molecule has 0 aromatic heterocycles. The molecule has 1 nitrogen and oxygen atoms in total. The molecule has 14 heavy (non-hydrogen) atoms. The second-order valence-electron chi connectivity index (χ2n) is 3.05. The van der Waals surface area contributed by atoms with Crippen molar-refractivity contribution in [1.29, 1.82) is 0 Å². The molecule has 0 fully saturated rings. The van der Waals surface area contributed by atoms with Crippen LogP contribution in [0.4, 0.5) is 0 Å². The Morgan fingerprint density at radius 2 is 1.79 bits per heavy atom. The maximum Gasteiger partial charge on any atom is 0.119 e. The van der Waals surface area contributed by atoms with Crippen LogP contribution in [-0.4, -0.2) is 12.5 Å². The SMILES string of the molecule is ClCCCCCOc1ccc(Br)cc1. The first-order chi connectivity index (χ1) is 6.83. The fraction of sp³-hybridized carbons (Fsp3) is 0.455. The fourth-order valence-electron chi connectivity index (χ4n) is 1.09. The van der Waals surface area contributed by atoms with Gasteiger partial charge in [0.05, 0.1) is 6.61 Å². The van der Waals surface area contributed by atoms with E-state index in [1.165, 1.54) is 0 Å². The number of ether oxygens (including phenoxy) is 1. The molecule has 1 aromatic carbocycles. The van der Waals surface area contributed by atoms with Crippen molar-refractivity contribution in [2.75, 3.05) is 12.5 Å². The zero-order chi connectivity index (χ0) is 10.2. The number of unbranched alkanes of at least 4 members (excludes halogenated alkanes) is 2. The number of hydrogen-bond acceptors (Lipinski definition) is 1. The van der Waals surface area contributed by atoms with Crippen LogP contribution in [0.1, 0.15) is 19.3 Å². The molecule has 78 valence electrons. The first-order valence-corrected chi connectivity index (χ1v) is 6.10. The van der Waals surface area contributed by atoms with Crippen molar-refractivity contribution in [2.24, 2.45) is 0 Å². The molecule has 0 N–H and O–H groups in total. The number of rotatable bonds is 6. The Kier molecular flexibility index (Phi) is 6.04. The van der Waals surface area contributed by atoms with Gasteiger partial charge in [0.2, 0.25) is 0 Å². The van der Waals surface area contributed by atoms with Gasteiger partial charge in [-0.25, -0.2) is 0 Å². The molecule has 0 aliphatic rings. The Labute approximate surface area is 98.5 Å². The lowest BCUT2D eigenvalue weighted by molar-refractivity contribution is 0.306. The van der Waals surface area contributed by atoms with E-state index in [-0.39, 0.29) is 0 Å². The summed E-state index contributed by atoms with van der Waals surface area (Å²) in [7, 11) is 0. The molecule has 0 amide bonds. The summed E-state index contributed by atoms with van der Waals surface area (Å²) in [6.45, 7) is 0.776. The maximum atomic E-state index is 5.57. The molecule has 0 saturated heterocycles. The highest BCUT2D eigenvalue weighted by molar-refractivity contribution is 9.10. The Morgan fingerprint density at radius 1 is 1.07 bits per heavy atom. The Morgan fingerprint density at radius 3 is 2.43 bits per heavy atom. The first-order valence-electron chi connectivity index (χ1n) is 4.77. The van der Waals surface area contributed by atoms with Gasteiger partial charge in [-0.05, 0) is 43.5 Å². The fourth-order valence-corrected chi connectivity index (χ4v) is 1.55. The molecule has 0 radical (unpaired) electrons. The average molecular weight is 278 g/mol. The monoisotopic (exact) mass is 276 g/mol. The van der Waals surface area contributed by atoms with E-state index in [1.807, 2.05) is 24.3 Å². The van der Waals surface area contributed by atoms with Crippen molar-refractivity contribution >= 4 is 27.5 Å². The molecule has 0 spiro atoms. The highest BCUT2D eigenvalue weighted by Crippen LogP contribution is 2.16. The quantitative estimate of drug-likeness (QED) is 0.558. The third-order valence-electron chi connectivity index (χ3n) is 1.86. The average Bonchev–Trinajstić information content (AvgIpc) is 2.21. The molecule has 1 aromatic rings. The number of halogens is 2. The summed E-state index contributed by atoms with van der Waals surface area (Å²) in [4.78, 5) is 0. The van der Waals surface area contributed by atoms with Gasteiger partial charge in [-0.2, -0.15) is 0 Å². The highest BCUT2D eigenvalue weighted by atomic mass is 79.9. The van der Waals surface area contributed by atoms with E-state index in [2.05, 4.69) is 15.9 Å². The van der Waals surface area contributed by atoms with Gasteiger partial charge in [-0.15, -0.1) is 11.6 Å². The van der Waals surface area contributed by atoms with Gasteiger partial charge < -0.3 is 4.74 Å². The van der Waals surface area contributed by atoms with E-state index < -0.39 is 0 Å². The van der Waals surface area contributed by atoms with Crippen LogP contribution < -0.4 is 4.74 Å². The molecular formula is C11H14BrClO. The summed E-state index contributed by atoms with van der Waals surface area (Å²) in [6, 6.07) is 7.89. The van der Waals surface area contributed by atoms with Gasteiger partial charge >= 0.3 is 0 Å². The third-order valence-corrected chi connectivity index (χ3v) is 2.66. The lowest BCUT2D eigenvalue weighted by atomic mass is 10.3. The predicted octanol–water partition coefficient (Wildman–Crippen LogP) is 4.24. The van der Waals surface area contributed by atoms with Gasteiger partial charge in [-0.1, -0.05) is 15.9 Å². The van der Waals surface area contributed by atoms with Crippen molar-refractivity contribution < 1.29 is 4.74 Å². The smallest absolute Gasteiger partial charge is 0.119 e. The topological polar surface area (TPSA) is 9.23 Å². The van der Waals surface area contributed by atoms with Crippen LogP contribution in [0.15, 0.2) is 28.7 Å². The van der Waals surface area contributed by atoms with Crippen molar-refractivity contribution in [3.05, 3.63) is 28.7 Å². The molecular weight excluding hydrogens is 263 g/mol. The standard InChI is InChI=1S/C11H14BrClO/c12-10-4-6-11(7-5-10)14-9-3-1-2-8-13/h4-7H,1-3,8-9H2. The van der Waals surface area contributed by atoms with Crippen molar-refractivity contribution in [3.8, 4) is 5.75 Å². The van der Waals surface area contributed by atoms with Crippen LogP contribution in [0.5, 0.6) is 5.75 Å². The first kappa shape index (κ1) is 11.9. The largest absolute Gasteiger partial charge is 0.494 e. The molecule has 3 heteroatoms. The second-order valence-corrected chi connectivity index (χ2v) is 4.35. The van der Waals surface area contributed by atoms with Crippen LogP contribution >= 0.6 is 27.5 Å². The number of alkyl halides is 1. The zero-order valence-corrected chi connectivity index (χ0v) is 10.4. The third kappa shape index (κ3) is 4.87. The molecule has 0 atom stereocenters. The molecule has 1 rings (SSSR count). The second kappa shape index (κ2) is 7.13. The maximum absolute atomic E-state index is 5.57. The normalized spacial score (nSPS) is 10.1. The van der Waals surface area contributed by atoms with Crippen LogP contribution in [-0.2, 0) is 0 Å². The van der Waals surface area contributed by atoms with Crippen LogP contribution in [0.25, 0.3) is 0 Å². The van der Waals surface area contributed by atoms with E-state index in [0.717, 1.165) is 42.0 Å². The predicted molar refractivity (Wildman–Crippen MR) is 64.2 cm³/mol. The lowest BCUT2D eigenvalue weighted by Gasteiger charge is -2.05. The number of benzene rings is 1. The van der Waals surface area contributed by atoms with Crippen LogP contribution in [0, 0.1) is 0 Å². The summed E-state index contributed by atoms with van der Waals surface area (Å²) in [5.41, 5.74) is 0. The Balaban J connectivity index is 2.15. The zero-order valence-electron chi connectivity index (χ0n) is 8.01. The van der Waals surface area contributed by atoms with E-state index >= 15 is 0 Å². The van der Waals surface area contributed by atoms with Crippen molar-refractivity contribution in [2.45, 2.75) is 19.3 Å². The van der Waals surface area contributed by atoms with Gasteiger partial charge in [0.25, 0.3) is 0 Å². The molecule has 0 saturated carbocycles. The minimum Gasteiger partial charge on any atom is -0.494 e. The minimum absolute atomic E-state index is 0.748. The summed E-state index contributed by atoms with van der Waals surface area (Å²) in [6.07, 6.45) is 3.29. The van der Waals surface area contributed by atoms with Gasteiger partial charge in [0.1, 0.15) is 5.75 Å². The highest BCUT2D eigenvalue weighted by Gasteiger charge is 1.93. The minimum atomic E-state index is 0.748. The lowest BCUT2D eigenvalue weighted by Crippen LogP contribution is -1.97. The van der Waals surface area contributed by atoms with Gasteiger partial charge in [0, 0.05) is 10.4 Å². The molecule has 0 bridgehead atoms. The molecule has 0 heterocycles. The van der Waals surface area contributed by atoms with Gasteiger partial charge in [0.15, 0.2) is 0 Å². The summed E-state index contributed by atoms with van der Waals surface area (Å²) >= 11 is 8.95. The summed E-state index contributed by atoms with van der Waals surface area (Å²) < 4.78 is 6.62. The molecule has 0 unspecified atom stereocenters. The van der Waals surface area contributed by atoms with E-state index in [4.69, 9.17) is 16.3 Å². The number of hydrogen-bond donors (Lipinski definition) is 0. The van der Waals surface area contributed by atoms with Crippen molar-refractivity contribution in [1.82, 2.24) is 0 Å².